The summed E-state index contributed by atoms with van der Waals surface area (Å²) in [6.45, 7) is 3.68. The molecule has 0 aliphatic carbocycles. The lowest BCUT2D eigenvalue weighted by Gasteiger charge is -2.21. The number of hydrogen-bond donors (Lipinski definition) is 3. The minimum atomic E-state index is -0.753. The molecule has 0 spiro atoms. The van der Waals surface area contributed by atoms with E-state index in [0.717, 1.165) is 0 Å². The van der Waals surface area contributed by atoms with Gasteiger partial charge in [-0.3, -0.25) is 14.4 Å². The predicted octanol–water partition coefficient (Wildman–Crippen LogP) is 3.99. The van der Waals surface area contributed by atoms with Gasteiger partial charge in [0.25, 0.3) is 11.8 Å². The van der Waals surface area contributed by atoms with Crippen LogP contribution < -0.4 is 16.0 Å². The second-order valence-electron chi connectivity index (χ2n) is 6.67. The van der Waals surface area contributed by atoms with Gasteiger partial charge in [0, 0.05) is 11.4 Å². The molecule has 1 aromatic carbocycles. The van der Waals surface area contributed by atoms with Crippen LogP contribution in [-0.2, 0) is 4.79 Å². The normalized spacial score (nSPS) is 11.7. The zero-order valence-electron chi connectivity index (χ0n) is 16.0. The molecule has 0 bridgehead atoms. The van der Waals surface area contributed by atoms with Gasteiger partial charge in [0.1, 0.15) is 6.04 Å². The molecule has 150 valence electrons. The fourth-order valence-corrected chi connectivity index (χ4v) is 3.27. The average molecular weight is 411 g/mol. The Morgan fingerprint density at radius 3 is 2.31 bits per heavy atom. The molecule has 0 saturated heterocycles. The molecule has 29 heavy (non-hydrogen) atoms. The van der Waals surface area contributed by atoms with Crippen LogP contribution in [0.4, 0.5) is 11.4 Å². The van der Waals surface area contributed by atoms with E-state index in [9.17, 15) is 14.4 Å². The van der Waals surface area contributed by atoms with E-state index in [1.165, 1.54) is 23.7 Å². The number of carbonyl (C=O) groups excluding carboxylic acids is 3. The lowest BCUT2D eigenvalue weighted by atomic mass is 10.0. The molecule has 0 radical (unpaired) electrons. The summed E-state index contributed by atoms with van der Waals surface area (Å²) < 4.78 is 5.07. The van der Waals surface area contributed by atoms with Crippen molar-refractivity contribution in [1.29, 1.82) is 0 Å². The van der Waals surface area contributed by atoms with Crippen molar-refractivity contribution in [3.8, 4) is 0 Å². The lowest BCUT2D eigenvalue weighted by Crippen LogP contribution is -2.47. The van der Waals surface area contributed by atoms with E-state index >= 15 is 0 Å². The Hall–Kier alpha value is -3.39. The van der Waals surface area contributed by atoms with Crippen LogP contribution in [0.2, 0.25) is 0 Å². The second kappa shape index (κ2) is 9.20. The summed E-state index contributed by atoms with van der Waals surface area (Å²) in [6.07, 6.45) is 1.40. The van der Waals surface area contributed by atoms with Crippen LogP contribution in [0.25, 0.3) is 0 Å². The topological polar surface area (TPSA) is 100 Å². The third kappa shape index (κ3) is 5.32. The number of hydrogen-bond acceptors (Lipinski definition) is 5. The summed E-state index contributed by atoms with van der Waals surface area (Å²) in [5.41, 5.74) is 1.07. The maximum absolute atomic E-state index is 12.7. The van der Waals surface area contributed by atoms with Crippen LogP contribution in [0.5, 0.6) is 0 Å². The van der Waals surface area contributed by atoms with E-state index in [4.69, 9.17) is 4.42 Å². The molecule has 1 atom stereocenters. The second-order valence-corrected chi connectivity index (χ2v) is 7.62. The van der Waals surface area contributed by atoms with Gasteiger partial charge in [0.2, 0.25) is 5.91 Å². The first-order valence-electron chi connectivity index (χ1n) is 9.04. The lowest BCUT2D eigenvalue weighted by molar-refractivity contribution is -0.118. The van der Waals surface area contributed by atoms with Gasteiger partial charge in [-0.15, -0.1) is 11.3 Å². The highest BCUT2D eigenvalue weighted by Crippen LogP contribution is 2.18. The van der Waals surface area contributed by atoms with E-state index in [-0.39, 0.29) is 23.5 Å². The van der Waals surface area contributed by atoms with Crippen molar-refractivity contribution in [1.82, 2.24) is 5.32 Å². The fraction of sp³-hybridized carbons (Fsp3) is 0.190. The molecular formula is C21H21N3O4S. The van der Waals surface area contributed by atoms with Crippen molar-refractivity contribution in [2.24, 2.45) is 5.92 Å². The molecule has 3 aromatic rings. The molecule has 0 aliphatic heterocycles. The highest BCUT2D eigenvalue weighted by Gasteiger charge is 2.25. The maximum Gasteiger partial charge on any atom is 0.287 e. The monoisotopic (exact) mass is 411 g/mol. The Labute approximate surface area is 172 Å². The molecule has 3 N–H and O–H groups in total. The van der Waals surface area contributed by atoms with Crippen molar-refractivity contribution in [3.63, 3.8) is 0 Å². The third-order valence-corrected chi connectivity index (χ3v) is 4.98. The molecular weight excluding hydrogens is 390 g/mol. The Bertz CT molecular complexity index is 981. The number of furan rings is 1. The molecule has 0 aliphatic rings. The Morgan fingerprint density at radius 2 is 1.69 bits per heavy atom. The summed E-state index contributed by atoms with van der Waals surface area (Å²) in [4.78, 5) is 37.8. The van der Waals surface area contributed by atoms with Crippen molar-refractivity contribution in [2.75, 3.05) is 10.6 Å². The van der Waals surface area contributed by atoms with Crippen molar-refractivity contribution in [2.45, 2.75) is 19.9 Å². The molecule has 2 aromatic heterocycles. The number of amides is 3. The van der Waals surface area contributed by atoms with E-state index in [0.29, 0.717) is 16.3 Å². The molecule has 2 heterocycles. The van der Waals surface area contributed by atoms with E-state index in [1.54, 1.807) is 42.5 Å². The number of benzene rings is 1. The Balaban J connectivity index is 1.66. The van der Waals surface area contributed by atoms with Crippen LogP contribution in [0.15, 0.2) is 64.6 Å². The molecule has 7 nitrogen and oxygen atoms in total. The molecule has 1 unspecified atom stereocenters. The van der Waals surface area contributed by atoms with Gasteiger partial charge in [-0.05, 0) is 47.7 Å². The summed E-state index contributed by atoms with van der Waals surface area (Å²) in [5, 5.41) is 10.1. The fourth-order valence-electron chi connectivity index (χ4n) is 2.65. The van der Waals surface area contributed by atoms with Crippen LogP contribution in [0, 0.1) is 5.92 Å². The number of anilines is 2. The van der Waals surface area contributed by atoms with Gasteiger partial charge in [-0.1, -0.05) is 26.0 Å². The zero-order valence-corrected chi connectivity index (χ0v) is 16.8. The number of nitrogens with one attached hydrogen (secondary N) is 3. The quantitative estimate of drug-likeness (QED) is 0.547. The van der Waals surface area contributed by atoms with Gasteiger partial charge < -0.3 is 20.4 Å². The Kier molecular flexibility index (Phi) is 6.46. The average Bonchev–Trinajstić information content (AvgIpc) is 3.39. The molecule has 3 amide bonds. The van der Waals surface area contributed by atoms with Crippen molar-refractivity contribution < 1.29 is 18.8 Å². The standard InChI is InChI=1S/C21H21N3O4S/c1-13(2)18(24-19(25)16-8-4-10-28-16)21(27)23-15-7-3-6-14(12-15)22-20(26)17-9-5-11-29-17/h3-13,18H,1-2H3,(H,22,26)(H,23,27)(H,24,25). The van der Waals surface area contributed by atoms with Crippen molar-refractivity contribution >= 4 is 40.4 Å². The maximum atomic E-state index is 12.7. The van der Waals surface area contributed by atoms with Crippen LogP contribution >= 0.6 is 11.3 Å². The Morgan fingerprint density at radius 1 is 0.931 bits per heavy atom. The van der Waals surface area contributed by atoms with E-state index in [1.807, 2.05) is 19.2 Å². The van der Waals surface area contributed by atoms with Gasteiger partial charge in [0.15, 0.2) is 5.76 Å². The molecule has 3 rings (SSSR count). The minimum Gasteiger partial charge on any atom is -0.459 e. The third-order valence-electron chi connectivity index (χ3n) is 4.11. The summed E-state index contributed by atoms with van der Waals surface area (Å²) in [6, 6.07) is 12.8. The summed E-state index contributed by atoms with van der Waals surface area (Å²) in [7, 11) is 0. The van der Waals surface area contributed by atoms with E-state index in [2.05, 4.69) is 16.0 Å². The summed E-state index contributed by atoms with van der Waals surface area (Å²) >= 11 is 1.35. The van der Waals surface area contributed by atoms with Crippen molar-refractivity contribution in [3.05, 3.63) is 70.8 Å². The highest BCUT2D eigenvalue weighted by molar-refractivity contribution is 7.12. The largest absolute Gasteiger partial charge is 0.459 e. The van der Waals surface area contributed by atoms with Crippen LogP contribution in [0.1, 0.15) is 34.1 Å². The number of rotatable bonds is 7. The number of thiophene rings is 1. The SMILES string of the molecule is CC(C)C(NC(=O)c1ccco1)C(=O)Nc1cccc(NC(=O)c2cccs2)c1. The van der Waals surface area contributed by atoms with Gasteiger partial charge in [-0.2, -0.15) is 0 Å². The molecule has 0 fully saturated rings. The first-order valence-corrected chi connectivity index (χ1v) is 9.92. The smallest absolute Gasteiger partial charge is 0.287 e. The van der Waals surface area contributed by atoms with Gasteiger partial charge in [0.05, 0.1) is 11.1 Å². The highest BCUT2D eigenvalue weighted by atomic mass is 32.1. The van der Waals surface area contributed by atoms with Crippen LogP contribution in [0.3, 0.4) is 0 Å². The van der Waals surface area contributed by atoms with E-state index < -0.39 is 11.9 Å². The first-order chi connectivity index (χ1) is 13.9. The van der Waals surface area contributed by atoms with Gasteiger partial charge >= 0.3 is 0 Å². The minimum absolute atomic E-state index is 0.140. The summed E-state index contributed by atoms with van der Waals surface area (Å²) in [5.74, 6) is -1.03. The number of carbonyl (C=O) groups is 3. The predicted molar refractivity (Wildman–Crippen MR) is 112 cm³/mol. The van der Waals surface area contributed by atoms with Crippen LogP contribution in [-0.4, -0.2) is 23.8 Å². The first kappa shape index (κ1) is 20.3. The molecule has 0 saturated carbocycles. The molecule has 8 heteroatoms. The zero-order chi connectivity index (χ0) is 20.8. The van der Waals surface area contributed by atoms with Gasteiger partial charge in [-0.25, -0.2) is 0 Å².